The van der Waals surface area contributed by atoms with Crippen LogP contribution in [0.2, 0.25) is 0 Å². The van der Waals surface area contributed by atoms with Gasteiger partial charge in [-0.15, -0.1) is 0 Å². The summed E-state index contributed by atoms with van der Waals surface area (Å²) in [5, 5.41) is 12.9. The van der Waals surface area contributed by atoms with Gasteiger partial charge in [0.05, 0.1) is 0 Å². The van der Waals surface area contributed by atoms with Crippen LogP contribution in [0.5, 0.6) is 5.75 Å². The lowest BCUT2D eigenvalue weighted by molar-refractivity contribution is 0.289. The van der Waals surface area contributed by atoms with E-state index in [1.54, 1.807) is 12.1 Å². The second-order valence-corrected chi connectivity index (χ2v) is 5.39. The van der Waals surface area contributed by atoms with Crippen LogP contribution in [0.1, 0.15) is 38.3 Å². The monoisotopic (exact) mass is 248 g/mol. The zero-order chi connectivity index (χ0) is 13.0. The number of hydrogen-bond acceptors (Lipinski definition) is 3. The van der Waals surface area contributed by atoms with Crippen LogP contribution in [-0.2, 0) is 0 Å². The Morgan fingerprint density at radius 3 is 2.39 bits per heavy atom. The number of phenols is 1. The lowest BCUT2D eigenvalue weighted by Crippen LogP contribution is -2.39. The summed E-state index contributed by atoms with van der Waals surface area (Å²) < 4.78 is 0. The molecule has 2 unspecified atom stereocenters. The van der Waals surface area contributed by atoms with Crippen LogP contribution in [0.4, 0.5) is 0 Å². The molecule has 1 saturated heterocycles. The first kappa shape index (κ1) is 13.4. The molecule has 18 heavy (non-hydrogen) atoms. The second kappa shape index (κ2) is 6.21. The Balaban J connectivity index is 1.82. The number of likely N-dealkylation sites (tertiary alicyclic amines) is 1. The van der Waals surface area contributed by atoms with Crippen molar-refractivity contribution < 1.29 is 5.11 Å². The predicted molar refractivity (Wildman–Crippen MR) is 74.8 cm³/mol. The molecule has 1 aromatic carbocycles. The van der Waals surface area contributed by atoms with Gasteiger partial charge < -0.3 is 15.3 Å². The SMILES string of the molecule is CC(CN1CCCC1)NC(C)c1ccc(O)cc1. The molecule has 1 aromatic rings. The summed E-state index contributed by atoms with van der Waals surface area (Å²) in [6.45, 7) is 8.05. The second-order valence-electron chi connectivity index (χ2n) is 5.39. The van der Waals surface area contributed by atoms with Crippen molar-refractivity contribution in [1.82, 2.24) is 10.2 Å². The first-order chi connectivity index (χ1) is 8.65. The molecule has 3 nitrogen and oxygen atoms in total. The van der Waals surface area contributed by atoms with Crippen molar-refractivity contribution in [1.29, 1.82) is 0 Å². The minimum absolute atomic E-state index is 0.322. The number of aromatic hydroxyl groups is 1. The molecule has 0 saturated carbocycles. The number of benzene rings is 1. The fourth-order valence-corrected chi connectivity index (χ4v) is 2.69. The van der Waals surface area contributed by atoms with Crippen molar-refractivity contribution >= 4 is 0 Å². The third-order valence-electron chi connectivity index (χ3n) is 3.66. The third-order valence-corrected chi connectivity index (χ3v) is 3.66. The van der Waals surface area contributed by atoms with Gasteiger partial charge >= 0.3 is 0 Å². The summed E-state index contributed by atoms with van der Waals surface area (Å²) in [5.74, 6) is 0.330. The van der Waals surface area contributed by atoms with Gasteiger partial charge in [0.2, 0.25) is 0 Å². The van der Waals surface area contributed by atoms with Gasteiger partial charge in [0.25, 0.3) is 0 Å². The predicted octanol–water partition coefficient (Wildman–Crippen LogP) is 2.53. The van der Waals surface area contributed by atoms with E-state index in [1.165, 1.54) is 31.5 Å². The molecule has 0 amide bonds. The van der Waals surface area contributed by atoms with E-state index in [4.69, 9.17) is 0 Å². The van der Waals surface area contributed by atoms with Crippen LogP contribution in [0, 0.1) is 0 Å². The van der Waals surface area contributed by atoms with Crippen molar-refractivity contribution in [2.24, 2.45) is 0 Å². The molecule has 3 heteroatoms. The summed E-state index contributed by atoms with van der Waals surface area (Å²) >= 11 is 0. The molecule has 1 aliphatic rings. The quantitative estimate of drug-likeness (QED) is 0.840. The highest BCUT2D eigenvalue weighted by Crippen LogP contribution is 2.17. The molecule has 0 spiro atoms. The van der Waals surface area contributed by atoms with Crippen molar-refractivity contribution in [2.45, 2.75) is 38.8 Å². The van der Waals surface area contributed by atoms with Crippen LogP contribution in [0.25, 0.3) is 0 Å². The highest BCUT2D eigenvalue weighted by molar-refractivity contribution is 5.27. The van der Waals surface area contributed by atoms with Gasteiger partial charge in [-0.2, -0.15) is 0 Å². The van der Waals surface area contributed by atoms with E-state index in [0.29, 0.717) is 17.8 Å². The molecule has 1 fully saturated rings. The fraction of sp³-hybridized carbons (Fsp3) is 0.600. The van der Waals surface area contributed by atoms with Gasteiger partial charge in [-0.25, -0.2) is 0 Å². The normalized spacial score (nSPS) is 19.9. The maximum absolute atomic E-state index is 9.28. The summed E-state index contributed by atoms with van der Waals surface area (Å²) in [5.41, 5.74) is 1.22. The van der Waals surface area contributed by atoms with E-state index >= 15 is 0 Å². The summed E-state index contributed by atoms with van der Waals surface area (Å²) in [7, 11) is 0. The van der Waals surface area contributed by atoms with Crippen LogP contribution in [-0.4, -0.2) is 35.7 Å². The van der Waals surface area contributed by atoms with Gasteiger partial charge in [0.15, 0.2) is 0 Å². The van der Waals surface area contributed by atoms with Gasteiger partial charge in [-0.1, -0.05) is 12.1 Å². The summed E-state index contributed by atoms with van der Waals surface area (Å²) in [6.07, 6.45) is 2.69. The molecule has 2 atom stereocenters. The number of hydrogen-bond donors (Lipinski definition) is 2. The smallest absolute Gasteiger partial charge is 0.115 e. The van der Waals surface area contributed by atoms with Gasteiger partial charge in [0.1, 0.15) is 5.75 Å². The largest absolute Gasteiger partial charge is 0.508 e. The minimum Gasteiger partial charge on any atom is -0.508 e. The topological polar surface area (TPSA) is 35.5 Å². The number of nitrogens with one attached hydrogen (secondary N) is 1. The summed E-state index contributed by atoms with van der Waals surface area (Å²) in [6, 6.07) is 8.28. The lowest BCUT2D eigenvalue weighted by Gasteiger charge is -2.25. The van der Waals surface area contributed by atoms with E-state index in [1.807, 2.05) is 12.1 Å². The van der Waals surface area contributed by atoms with Crippen LogP contribution in [0.15, 0.2) is 24.3 Å². The molecular weight excluding hydrogens is 224 g/mol. The molecule has 100 valence electrons. The number of rotatable bonds is 5. The molecule has 0 aliphatic carbocycles. The molecule has 0 bridgehead atoms. The number of nitrogens with zero attached hydrogens (tertiary/aromatic N) is 1. The number of phenolic OH excluding ortho intramolecular Hbond substituents is 1. The maximum atomic E-state index is 9.28. The fourth-order valence-electron chi connectivity index (χ4n) is 2.69. The average Bonchev–Trinajstić information content (AvgIpc) is 2.82. The van der Waals surface area contributed by atoms with Crippen LogP contribution < -0.4 is 5.32 Å². The van der Waals surface area contributed by atoms with E-state index in [9.17, 15) is 5.11 Å². The van der Waals surface area contributed by atoms with Crippen LogP contribution >= 0.6 is 0 Å². The van der Waals surface area contributed by atoms with Crippen LogP contribution in [0.3, 0.4) is 0 Å². The molecule has 2 N–H and O–H groups in total. The van der Waals surface area contributed by atoms with E-state index < -0.39 is 0 Å². The lowest BCUT2D eigenvalue weighted by atomic mass is 10.1. The highest BCUT2D eigenvalue weighted by Gasteiger charge is 2.16. The Labute approximate surface area is 110 Å². The standard InChI is InChI=1S/C15H24N2O/c1-12(11-17-9-3-4-10-17)16-13(2)14-5-7-15(18)8-6-14/h5-8,12-13,16,18H,3-4,9-11H2,1-2H3. The first-order valence-electron chi connectivity index (χ1n) is 6.92. The van der Waals surface area contributed by atoms with E-state index in [-0.39, 0.29) is 0 Å². The zero-order valence-electron chi connectivity index (χ0n) is 11.4. The third kappa shape index (κ3) is 3.72. The van der Waals surface area contributed by atoms with E-state index in [0.717, 1.165) is 6.54 Å². The van der Waals surface area contributed by atoms with Crippen molar-refractivity contribution in [3.63, 3.8) is 0 Å². The highest BCUT2D eigenvalue weighted by atomic mass is 16.3. The molecule has 0 radical (unpaired) electrons. The maximum Gasteiger partial charge on any atom is 0.115 e. The molecule has 0 aromatic heterocycles. The van der Waals surface area contributed by atoms with Crippen molar-refractivity contribution in [3.05, 3.63) is 29.8 Å². The van der Waals surface area contributed by atoms with Crippen molar-refractivity contribution in [2.75, 3.05) is 19.6 Å². The zero-order valence-corrected chi connectivity index (χ0v) is 11.4. The van der Waals surface area contributed by atoms with Crippen molar-refractivity contribution in [3.8, 4) is 5.75 Å². The van der Waals surface area contributed by atoms with Gasteiger partial charge in [-0.05, 0) is 57.5 Å². The van der Waals surface area contributed by atoms with Gasteiger partial charge in [-0.3, -0.25) is 0 Å². The van der Waals surface area contributed by atoms with Gasteiger partial charge in [0, 0.05) is 18.6 Å². The molecule has 1 aliphatic heterocycles. The minimum atomic E-state index is 0.322. The Bertz CT molecular complexity index is 357. The average molecular weight is 248 g/mol. The Morgan fingerprint density at radius 2 is 1.78 bits per heavy atom. The first-order valence-corrected chi connectivity index (χ1v) is 6.92. The molecular formula is C15H24N2O. The molecule has 1 heterocycles. The Morgan fingerprint density at radius 1 is 1.17 bits per heavy atom. The Kier molecular flexibility index (Phi) is 4.61. The molecule has 2 rings (SSSR count). The summed E-state index contributed by atoms with van der Waals surface area (Å²) in [4.78, 5) is 2.53. The Hall–Kier alpha value is -1.06. The van der Waals surface area contributed by atoms with E-state index in [2.05, 4.69) is 24.1 Å².